The van der Waals surface area contributed by atoms with Crippen LogP contribution in [-0.2, 0) is 20.9 Å². The molecule has 5 rings (SSSR count). The lowest BCUT2D eigenvalue weighted by Gasteiger charge is -2.27. The molecule has 0 radical (unpaired) electrons. The standard InChI is InChI=1S/C30H29N5O4S/c1-3-25(28(37)33-22-15-9-10-16-24(22)39-2)40-30-34-21-14-8-7-13-20(21)27-32-23(29(38)35(27)30)17-26(36)31-18-19-11-5-4-6-12-19/h4-16,23,25H,3,17-18H2,1-2H3,(H,31,36)(H,33,37)/t23-,25-/m0/s1. The Morgan fingerprint density at radius 3 is 2.52 bits per heavy atom. The van der Waals surface area contributed by atoms with Gasteiger partial charge in [-0.2, -0.15) is 0 Å². The summed E-state index contributed by atoms with van der Waals surface area (Å²) >= 11 is 1.20. The molecule has 2 N–H and O–H groups in total. The Balaban J connectivity index is 1.34. The van der Waals surface area contributed by atoms with Gasteiger partial charge in [-0.3, -0.25) is 19.4 Å². The van der Waals surface area contributed by atoms with Crippen molar-refractivity contribution in [3.05, 3.63) is 90.0 Å². The number of benzene rings is 3. The highest BCUT2D eigenvalue weighted by atomic mass is 32.2. The number of thioether (sulfide) groups is 1. The van der Waals surface area contributed by atoms with Crippen LogP contribution in [0.1, 0.15) is 30.9 Å². The van der Waals surface area contributed by atoms with E-state index in [2.05, 4.69) is 15.6 Å². The van der Waals surface area contributed by atoms with Gasteiger partial charge in [-0.1, -0.05) is 73.3 Å². The number of amidine groups is 2. The van der Waals surface area contributed by atoms with Crippen molar-refractivity contribution in [2.24, 2.45) is 9.98 Å². The lowest BCUT2D eigenvalue weighted by atomic mass is 10.1. The monoisotopic (exact) mass is 555 g/mol. The minimum atomic E-state index is -0.884. The number of anilines is 1. The Morgan fingerprint density at radius 1 is 1.02 bits per heavy atom. The largest absolute Gasteiger partial charge is 0.495 e. The summed E-state index contributed by atoms with van der Waals surface area (Å²) in [4.78, 5) is 50.5. The van der Waals surface area contributed by atoms with Gasteiger partial charge in [-0.15, -0.1) is 0 Å². The van der Waals surface area contributed by atoms with Crippen molar-refractivity contribution < 1.29 is 19.1 Å². The van der Waals surface area contributed by atoms with Gasteiger partial charge in [0.15, 0.2) is 5.17 Å². The number of carbonyl (C=O) groups excluding carboxylic acids is 3. The van der Waals surface area contributed by atoms with E-state index in [1.165, 1.54) is 16.7 Å². The molecule has 3 aromatic carbocycles. The summed E-state index contributed by atoms with van der Waals surface area (Å²) in [6.07, 6.45) is 0.406. The molecule has 2 heterocycles. The topological polar surface area (TPSA) is 112 Å². The second-order valence-electron chi connectivity index (χ2n) is 9.22. The van der Waals surface area contributed by atoms with Gasteiger partial charge in [0.1, 0.15) is 17.6 Å². The van der Waals surface area contributed by atoms with Gasteiger partial charge in [0.05, 0.1) is 30.2 Å². The zero-order valence-electron chi connectivity index (χ0n) is 22.2. The van der Waals surface area contributed by atoms with E-state index in [1.807, 2.05) is 73.7 Å². The first-order valence-corrected chi connectivity index (χ1v) is 13.9. The van der Waals surface area contributed by atoms with E-state index >= 15 is 0 Å². The van der Waals surface area contributed by atoms with Crippen molar-refractivity contribution in [1.82, 2.24) is 10.2 Å². The van der Waals surface area contributed by atoms with Gasteiger partial charge >= 0.3 is 0 Å². The molecule has 10 heteroatoms. The summed E-state index contributed by atoms with van der Waals surface area (Å²) < 4.78 is 5.36. The summed E-state index contributed by atoms with van der Waals surface area (Å²) in [7, 11) is 1.55. The van der Waals surface area contributed by atoms with Gasteiger partial charge in [0, 0.05) is 12.1 Å². The average Bonchev–Trinajstić information content (AvgIpc) is 3.31. The van der Waals surface area contributed by atoms with E-state index in [0.29, 0.717) is 46.7 Å². The molecule has 2 atom stereocenters. The van der Waals surface area contributed by atoms with Crippen molar-refractivity contribution in [3.8, 4) is 5.75 Å². The van der Waals surface area contributed by atoms with E-state index in [-0.39, 0.29) is 24.1 Å². The van der Waals surface area contributed by atoms with E-state index in [1.54, 1.807) is 19.2 Å². The molecule has 3 amide bonds. The predicted octanol–water partition coefficient (Wildman–Crippen LogP) is 4.51. The van der Waals surface area contributed by atoms with Crippen LogP contribution in [0.5, 0.6) is 5.75 Å². The molecule has 2 aliphatic rings. The van der Waals surface area contributed by atoms with Crippen LogP contribution in [0.3, 0.4) is 0 Å². The van der Waals surface area contributed by atoms with Gasteiger partial charge in [-0.25, -0.2) is 9.89 Å². The maximum Gasteiger partial charge on any atom is 0.259 e. The molecule has 40 heavy (non-hydrogen) atoms. The number of hydrogen-bond acceptors (Lipinski definition) is 7. The summed E-state index contributed by atoms with van der Waals surface area (Å²) in [6.45, 7) is 2.27. The van der Waals surface area contributed by atoms with E-state index in [9.17, 15) is 14.4 Å². The first-order valence-electron chi connectivity index (χ1n) is 13.0. The molecule has 0 aliphatic carbocycles. The third-order valence-electron chi connectivity index (χ3n) is 6.53. The molecule has 0 fully saturated rings. The molecule has 0 saturated carbocycles. The average molecular weight is 556 g/mol. The molecular weight excluding hydrogens is 526 g/mol. The highest BCUT2D eigenvalue weighted by Gasteiger charge is 2.43. The molecule has 3 aromatic rings. The van der Waals surface area contributed by atoms with Crippen LogP contribution < -0.4 is 15.4 Å². The fraction of sp³-hybridized carbons (Fsp3) is 0.233. The number of amides is 3. The second-order valence-corrected chi connectivity index (χ2v) is 10.4. The molecule has 0 bridgehead atoms. The summed E-state index contributed by atoms with van der Waals surface area (Å²) in [6, 6.07) is 23.3. The second kappa shape index (κ2) is 12.2. The van der Waals surface area contributed by atoms with E-state index in [4.69, 9.17) is 9.73 Å². The zero-order chi connectivity index (χ0) is 28.1. The Morgan fingerprint density at radius 2 is 1.75 bits per heavy atom. The van der Waals surface area contributed by atoms with Gasteiger partial charge in [-0.05, 0) is 36.2 Å². The maximum atomic E-state index is 13.6. The number of ether oxygens (including phenoxy) is 1. The molecule has 204 valence electrons. The third kappa shape index (κ3) is 5.76. The van der Waals surface area contributed by atoms with Crippen LogP contribution in [0, 0.1) is 0 Å². The number of carbonyl (C=O) groups is 3. The van der Waals surface area contributed by atoms with Crippen LogP contribution in [0.2, 0.25) is 0 Å². The number of aliphatic imine (C=N–C) groups is 2. The van der Waals surface area contributed by atoms with Gasteiger partial charge in [0.25, 0.3) is 5.91 Å². The first-order chi connectivity index (χ1) is 19.5. The quantitative estimate of drug-likeness (QED) is 0.404. The first kappa shape index (κ1) is 27.1. The molecule has 9 nitrogen and oxygen atoms in total. The maximum absolute atomic E-state index is 13.6. The van der Waals surface area contributed by atoms with Crippen molar-refractivity contribution in [1.29, 1.82) is 0 Å². The Bertz CT molecular complexity index is 1490. The number of nitrogens with zero attached hydrogens (tertiary/aromatic N) is 3. The molecule has 0 unspecified atom stereocenters. The smallest absolute Gasteiger partial charge is 0.259 e. The minimum absolute atomic E-state index is 0.0860. The number of hydrogen-bond donors (Lipinski definition) is 2. The van der Waals surface area contributed by atoms with Gasteiger partial charge < -0.3 is 15.4 Å². The highest BCUT2D eigenvalue weighted by molar-refractivity contribution is 8.15. The van der Waals surface area contributed by atoms with Crippen LogP contribution in [0.15, 0.2) is 88.8 Å². The van der Waals surface area contributed by atoms with Crippen LogP contribution in [-0.4, -0.2) is 52.0 Å². The van der Waals surface area contributed by atoms with E-state index in [0.717, 1.165) is 5.56 Å². The number of para-hydroxylation sites is 3. The number of nitrogens with one attached hydrogen (secondary N) is 2. The van der Waals surface area contributed by atoms with Gasteiger partial charge in [0.2, 0.25) is 11.8 Å². The Labute approximate surface area is 236 Å². The fourth-order valence-corrected chi connectivity index (χ4v) is 5.49. The number of fused-ring (bicyclic) bond motifs is 3. The molecule has 2 aliphatic heterocycles. The lowest BCUT2D eigenvalue weighted by Crippen LogP contribution is -2.43. The Hall–Kier alpha value is -4.44. The minimum Gasteiger partial charge on any atom is -0.495 e. The third-order valence-corrected chi connectivity index (χ3v) is 7.85. The summed E-state index contributed by atoms with van der Waals surface area (Å²) in [5.41, 5.74) is 2.89. The normalized spacial score (nSPS) is 16.3. The van der Waals surface area contributed by atoms with Crippen LogP contribution >= 0.6 is 11.8 Å². The zero-order valence-corrected chi connectivity index (χ0v) is 23.0. The highest BCUT2D eigenvalue weighted by Crippen LogP contribution is 2.36. The van der Waals surface area contributed by atoms with Crippen molar-refractivity contribution in [2.75, 3.05) is 12.4 Å². The summed E-state index contributed by atoms with van der Waals surface area (Å²) in [5, 5.41) is 5.61. The van der Waals surface area contributed by atoms with Crippen LogP contribution in [0.25, 0.3) is 0 Å². The molecular formula is C30H29N5O4S. The van der Waals surface area contributed by atoms with Crippen molar-refractivity contribution >= 4 is 51.9 Å². The molecule has 0 spiro atoms. The Kier molecular flexibility index (Phi) is 8.26. The van der Waals surface area contributed by atoms with E-state index < -0.39 is 11.3 Å². The number of methoxy groups -OCH3 is 1. The molecule has 0 aromatic heterocycles. The van der Waals surface area contributed by atoms with Crippen LogP contribution in [0.4, 0.5) is 11.4 Å². The lowest BCUT2D eigenvalue weighted by molar-refractivity contribution is -0.128. The number of rotatable bonds is 9. The fourth-order valence-electron chi connectivity index (χ4n) is 4.47. The SMILES string of the molecule is CC[C@H](SC1=Nc2ccccc2C2=N[C@@H](CC(=O)NCc3ccccc3)C(=O)N12)C(=O)Nc1ccccc1OC. The van der Waals surface area contributed by atoms with Crippen molar-refractivity contribution in [3.63, 3.8) is 0 Å². The summed E-state index contributed by atoms with van der Waals surface area (Å²) in [5.74, 6) is 0.149. The predicted molar refractivity (Wildman–Crippen MR) is 157 cm³/mol. The van der Waals surface area contributed by atoms with Crippen molar-refractivity contribution in [2.45, 2.75) is 37.6 Å². The molecule has 0 saturated heterocycles.